The second-order valence-electron chi connectivity index (χ2n) is 8.64. The highest BCUT2D eigenvalue weighted by atomic mass is 16.3. The molecule has 0 aromatic heterocycles. The molecule has 0 bridgehead atoms. The molecule has 1 saturated carbocycles. The van der Waals surface area contributed by atoms with Gasteiger partial charge in [-0.05, 0) is 48.4 Å². The quantitative estimate of drug-likeness (QED) is 0.799. The zero-order chi connectivity index (χ0) is 19.3. The number of aryl methyl sites for hydroxylation is 1. The Bertz CT molecular complexity index is 761. The zero-order valence-electron chi connectivity index (χ0n) is 17.2. The molecule has 1 saturated heterocycles. The SMILES string of the molecule is Cc1ccccc1N1CCN(Cc2cccc(C(O)C3CCCCC3)c2)CC1. The highest BCUT2D eigenvalue weighted by Crippen LogP contribution is 2.34. The Morgan fingerprint density at radius 1 is 0.929 bits per heavy atom. The van der Waals surface area contributed by atoms with Gasteiger partial charge in [0, 0.05) is 38.4 Å². The van der Waals surface area contributed by atoms with Gasteiger partial charge in [-0.2, -0.15) is 0 Å². The summed E-state index contributed by atoms with van der Waals surface area (Å²) in [6.07, 6.45) is 5.92. The Kier molecular flexibility index (Phi) is 6.33. The Balaban J connectivity index is 1.34. The van der Waals surface area contributed by atoms with Crippen molar-refractivity contribution in [2.24, 2.45) is 5.92 Å². The maximum atomic E-state index is 10.8. The highest BCUT2D eigenvalue weighted by molar-refractivity contribution is 5.53. The van der Waals surface area contributed by atoms with E-state index < -0.39 is 0 Å². The van der Waals surface area contributed by atoms with Crippen LogP contribution in [0.1, 0.15) is 54.9 Å². The summed E-state index contributed by atoms with van der Waals surface area (Å²) in [7, 11) is 0. The Labute approximate surface area is 170 Å². The summed E-state index contributed by atoms with van der Waals surface area (Å²) in [6, 6.07) is 17.4. The first-order chi connectivity index (χ1) is 13.7. The third-order valence-electron chi connectivity index (χ3n) is 6.62. The molecule has 1 aliphatic heterocycles. The average molecular weight is 379 g/mol. The molecule has 2 aromatic carbocycles. The number of piperazine rings is 1. The van der Waals surface area contributed by atoms with E-state index >= 15 is 0 Å². The zero-order valence-corrected chi connectivity index (χ0v) is 17.2. The van der Waals surface area contributed by atoms with Crippen molar-refractivity contribution in [2.75, 3.05) is 31.1 Å². The van der Waals surface area contributed by atoms with Crippen LogP contribution < -0.4 is 4.90 Å². The molecule has 0 spiro atoms. The van der Waals surface area contributed by atoms with Crippen molar-refractivity contribution in [3.05, 3.63) is 65.2 Å². The van der Waals surface area contributed by atoms with Crippen molar-refractivity contribution in [3.8, 4) is 0 Å². The molecule has 2 aliphatic rings. The molecule has 1 unspecified atom stereocenters. The van der Waals surface area contributed by atoms with Crippen LogP contribution in [0.5, 0.6) is 0 Å². The van der Waals surface area contributed by atoms with Crippen LogP contribution in [-0.2, 0) is 6.54 Å². The van der Waals surface area contributed by atoms with Gasteiger partial charge in [0.1, 0.15) is 0 Å². The summed E-state index contributed by atoms with van der Waals surface area (Å²) >= 11 is 0. The summed E-state index contributed by atoms with van der Waals surface area (Å²) in [4.78, 5) is 5.05. The number of hydrogen-bond donors (Lipinski definition) is 1. The van der Waals surface area contributed by atoms with Gasteiger partial charge in [-0.3, -0.25) is 4.90 Å². The van der Waals surface area contributed by atoms with Crippen molar-refractivity contribution in [1.29, 1.82) is 0 Å². The predicted octanol–water partition coefficient (Wildman–Crippen LogP) is 4.93. The number of aliphatic hydroxyl groups excluding tert-OH is 1. The molecule has 1 aliphatic carbocycles. The maximum absolute atomic E-state index is 10.8. The second kappa shape index (κ2) is 9.11. The second-order valence-corrected chi connectivity index (χ2v) is 8.64. The molecule has 150 valence electrons. The Hall–Kier alpha value is -1.84. The van der Waals surface area contributed by atoms with Crippen molar-refractivity contribution in [2.45, 2.75) is 51.7 Å². The predicted molar refractivity (Wildman–Crippen MR) is 117 cm³/mol. The van der Waals surface area contributed by atoms with E-state index in [2.05, 4.69) is 65.3 Å². The van der Waals surface area contributed by atoms with E-state index in [0.717, 1.165) is 38.3 Å². The topological polar surface area (TPSA) is 26.7 Å². The minimum absolute atomic E-state index is 0.293. The molecule has 2 aromatic rings. The first kappa shape index (κ1) is 19.5. The van der Waals surface area contributed by atoms with Gasteiger partial charge in [-0.25, -0.2) is 0 Å². The Morgan fingerprint density at radius 2 is 1.68 bits per heavy atom. The number of nitrogens with zero attached hydrogens (tertiary/aromatic N) is 2. The highest BCUT2D eigenvalue weighted by Gasteiger charge is 2.23. The van der Waals surface area contributed by atoms with E-state index in [-0.39, 0.29) is 6.10 Å². The molecule has 3 nitrogen and oxygen atoms in total. The fourth-order valence-corrected chi connectivity index (χ4v) is 4.92. The monoisotopic (exact) mass is 378 g/mol. The number of benzene rings is 2. The minimum atomic E-state index is -0.293. The van der Waals surface area contributed by atoms with Crippen LogP contribution in [0, 0.1) is 12.8 Å². The Morgan fingerprint density at radius 3 is 2.43 bits per heavy atom. The van der Waals surface area contributed by atoms with Crippen molar-refractivity contribution in [1.82, 2.24) is 4.90 Å². The van der Waals surface area contributed by atoms with Gasteiger partial charge in [0.2, 0.25) is 0 Å². The molecule has 3 heteroatoms. The third kappa shape index (κ3) is 4.59. The van der Waals surface area contributed by atoms with E-state index in [1.807, 2.05) is 0 Å². The first-order valence-corrected chi connectivity index (χ1v) is 11.0. The molecule has 0 radical (unpaired) electrons. The maximum Gasteiger partial charge on any atom is 0.0818 e. The van der Waals surface area contributed by atoms with Gasteiger partial charge < -0.3 is 10.0 Å². The van der Waals surface area contributed by atoms with Crippen molar-refractivity contribution >= 4 is 5.69 Å². The molecular formula is C25H34N2O. The van der Waals surface area contributed by atoms with Gasteiger partial charge in [0.15, 0.2) is 0 Å². The summed E-state index contributed by atoms with van der Waals surface area (Å²) in [5.74, 6) is 0.446. The van der Waals surface area contributed by atoms with E-state index in [1.165, 1.54) is 48.9 Å². The molecule has 0 amide bonds. The molecule has 2 fully saturated rings. The molecule has 28 heavy (non-hydrogen) atoms. The average Bonchev–Trinajstić information content (AvgIpc) is 2.75. The van der Waals surface area contributed by atoms with Gasteiger partial charge in [-0.15, -0.1) is 0 Å². The number of rotatable bonds is 5. The lowest BCUT2D eigenvalue weighted by Gasteiger charge is -2.37. The normalized spacial score (nSPS) is 20.3. The molecule has 4 rings (SSSR count). The van der Waals surface area contributed by atoms with Crippen LogP contribution in [0.4, 0.5) is 5.69 Å². The van der Waals surface area contributed by atoms with Crippen LogP contribution in [0.2, 0.25) is 0 Å². The fourth-order valence-electron chi connectivity index (χ4n) is 4.92. The van der Waals surface area contributed by atoms with Gasteiger partial charge in [0.05, 0.1) is 6.10 Å². The summed E-state index contributed by atoms with van der Waals surface area (Å²) in [5, 5.41) is 10.8. The van der Waals surface area contributed by atoms with E-state index in [1.54, 1.807) is 0 Å². The summed E-state index contributed by atoms with van der Waals surface area (Å²) < 4.78 is 0. The van der Waals surface area contributed by atoms with Crippen molar-refractivity contribution in [3.63, 3.8) is 0 Å². The molecule has 1 atom stereocenters. The lowest BCUT2D eigenvalue weighted by atomic mass is 9.82. The number of aliphatic hydroxyl groups is 1. The van der Waals surface area contributed by atoms with Crippen LogP contribution >= 0.6 is 0 Å². The fraction of sp³-hybridized carbons (Fsp3) is 0.520. The van der Waals surface area contributed by atoms with Crippen LogP contribution in [0.15, 0.2) is 48.5 Å². The third-order valence-corrected chi connectivity index (χ3v) is 6.62. The van der Waals surface area contributed by atoms with Crippen LogP contribution in [-0.4, -0.2) is 36.2 Å². The first-order valence-electron chi connectivity index (χ1n) is 11.0. The molecule has 1 N–H and O–H groups in total. The van der Waals surface area contributed by atoms with E-state index in [9.17, 15) is 5.11 Å². The summed E-state index contributed by atoms with van der Waals surface area (Å²) in [6.45, 7) is 7.51. The number of para-hydroxylation sites is 1. The minimum Gasteiger partial charge on any atom is -0.388 e. The van der Waals surface area contributed by atoms with Gasteiger partial charge in [-0.1, -0.05) is 61.7 Å². The van der Waals surface area contributed by atoms with Crippen molar-refractivity contribution < 1.29 is 5.11 Å². The van der Waals surface area contributed by atoms with Gasteiger partial charge in [0.25, 0.3) is 0 Å². The van der Waals surface area contributed by atoms with Gasteiger partial charge >= 0.3 is 0 Å². The number of hydrogen-bond acceptors (Lipinski definition) is 3. The molecule has 1 heterocycles. The molecular weight excluding hydrogens is 344 g/mol. The lowest BCUT2D eigenvalue weighted by Crippen LogP contribution is -2.46. The van der Waals surface area contributed by atoms with Crippen LogP contribution in [0.25, 0.3) is 0 Å². The summed E-state index contributed by atoms with van der Waals surface area (Å²) in [5.41, 5.74) is 5.18. The van der Waals surface area contributed by atoms with Crippen LogP contribution in [0.3, 0.4) is 0 Å². The lowest BCUT2D eigenvalue weighted by molar-refractivity contribution is 0.0847. The smallest absolute Gasteiger partial charge is 0.0818 e. The largest absolute Gasteiger partial charge is 0.388 e. The van der Waals surface area contributed by atoms with E-state index in [4.69, 9.17) is 0 Å². The standard InChI is InChI=1S/C25H34N2O/c1-20-8-5-6-13-24(20)27-16-14-26(15-17-27)19-21-9-7-12-23(18-21)25(28)22-10-3-2-4-11-22/h5-9,12-13,18,22,25,28H,2-4,10-11,14-17,19H2,1H3. The number of anilines is 1. The van der Waals surface area contributed by atoms with E-state index in [0.29, 0.717) is 5.92 Å².